The molecule has 0 saturated carbocycles. The predicted molar refractivity (Wildman–Crippen MR) is 275 cm³/mol. The van der Waals surface area contributed by atoms with Crippen molar-refractivity contribution in [2.75, 3.05) is 71.0 Å². The summed E-state index contributed by atoms with van der Waals surface area (Å²) in [6, 6.07) is 18.3. The first-order valence-corrected chi connectivity index (χ1v) is 26.0. The van der Waals surface area contributed by atoms with E-state index < -0.39 is 35.4 Å². The van der Waals surface area contributed by atoms with Crippen molar-refractivity contribution >= 4 is 40.5 Å². The molecule has 380 valence electrons. The second kappa shape index (κ2) is 26.1. The summed E-state index contributed by atoms with van der Waals surface area (Å²) in [5.41, 5.74) is 7.13. The van der Waals surface area contributed by atoms with Gasteiger partial charge in [-0.2, -0.15) is 5.26 Å². The predicted octanol–water partition coefficient (Wildman–Crippen LogP) is 5.96. The number of rotatable bonds is 26. The quantitative estimate of drug-likeness (QED) is 0.0406. The Kier molecular flexibility index (Phi) is 19.4. The van der Waals surface area contributed by atoms with E-state index in [2.05, 4.69) is 42.2 Å². The first-order valence-electron chi connectivity index (χ1n) is 25.1. The van der Waals surface area contributed by atoms with Crippen molar-refractivity contribution in [2.24, 2.45) is 5.41 Å². The lowest BCUT2D eigenvalue weighted by atomic mass is 9.85. The molecule has 0 bridgehead atoms. The first kappa shape index (κ1) is 53.0. The third-order valence-corrected chi connectivity index (χ3v) is 14.0. The van der Waals surface area contributed by atoms with Gasteiger partial charge < -0.3 is 40.7 Å². The van der Waals surface area contributed by atoms with Crippen LogP contribution in [-0.4, -0.2) is 142 Å². The number of amides is 3. The Morgan fingerprint density at radius 2 is 1.72 bits per heavy atom. The molecule has 1 aromatic carbocycles. The lowest BCUT2D eigenvalue weighted by Crippen LogP contribution is -2.58. The number of aliphatic hydroxyl groups is 1. The highest BCUT2D eigenvalue weighted by Gasteiger charge is 2.44. The molecule has 4 aromatic heterocycles. The minimum Gasteiger partial charge on any atom is -0.391 e. The van der Waals surface area contributed by atoms with E-state index in [9.17, 15) is 24.8 Å². The molecule has 2 fully saturated rings. The van der Waals surface area contributed by atoms with Crippen LogP contribution in [0.2, 0.25) is 0 Å². The number of ether oxygens (including phenoxy) is 2. The number of nitrogens with zero attached hydrogens (tertiary/aromatic N) is 7. The highest BCUT2D eigenvalue weighted by Crippen LogP contribution is 2.29. The van der Waals surface area contributed by atoms with Gasteiger partial charge in [-0.25, -0.2) is 15.0 Å². The van der Waals surface area contributed by atoms with Gasteiger partial charge in [-0.15, -0.1) is 11.3 Å². The van der Waals surface area contributed by atoms with Gasteiger partial charge in [0, 0.05) is 77.7 Å². The molecule has 5 N–H and O–H groups in total. The van der Waals surface area contributed by atoms with Gasteiger partial charge in [0.05, 0.1) is 45.3 Å². The van der Waals surface area contributed by atoms with Crippen LogP contribution in [0.5, 0.6) is 0 Å². The van der Waals surface area contributed by atoms with Gasteiger partial charge in [0.15, 0.2) is 0 Å². The number of pyridine rings is 2. The largest absolute Gasteiger partial charge is 0.391 e. The first-order chi connectivity index (χ1) is 34.4. The van der Waals surface area contributed by atoms with Crippen LogP contribution in [0, 0.1) is 23.7 Å². The molecule has 0 radical (unpaired) electrons. The zero-order valence-electron chi connectivity index (χ0n) is 41.7. The average Bonchev–Trinajstić information content (AvgIpc) is 4.19. The summed E-state index contributed by atoms with van der Waals surface area (Å²) in [6.45, 7) is 14.5. The highest BCUT2D eigenvalue weighted by atomic mass is 32.1. The minimum absolute atomic E-state index is 0.0125. The van der Waals surface area contributed by atoms with Crippen LogP contribution in [0.3, 0.4) is 0 Å². The van der Waals surface area contributed by atoms with Gasteiger partial charge in [-0.1, -0.05) is 51.1 Å². The summed E-state index contributed by atoms with van der Waals surface area (Å²) in [5, 5.41) is 32.9. The normalized spacial score (nSPS) is 17.6. The molecule has 0 spiro atoms. The average molecular weight is 990 g/mol. The van der Waals surface area contributed by atoms with E-state index in [0.29, 0.717) is 24.8 Å². The molecule has 18 heteroatoms. The van der Waals surface area contributed by atoms with E-state index in [1.807, 2.05) is 86.1 Å². The van der Waals surface area contributed by atoms with Crippen LogP contribution in [0.25, 0.3) is 27.5 Å². The Morgan fingerprint density at radius 1 is 0.944 bits per heavy atom. The number of thiazole rings is 1. The molecular formula is C53H71N11O6S. The fraction of sp³-hybridized carbons (Fsp3) is 0.528. The summed E-state index contributed by atoms with van der Waals surface area (Å²) < 4.78 is 13.5. The Labute approximate surface area is 421 Å². The number of aromatic nitrogens is 4. The molecule has 1 unspecified atom stereocenters. The van der Waals surface area contributed by atoms with E-state index in [0.717, 1.165) is 129 Å². The zero-order chi connectivity index (χ0) is 50.2. The van der Waals surface area contributed by atoms with Crippen molar-refractivity contribution < 1.29 is 29.0 Å². The van der Waals surface area contributed by atoms with Crippen molar-refractivity contribution in [3.05, 3.63) is 89.3 Å². The van der Waals surface area contributed by atoms with E-state index >= 15 is 0 Å². The zero-order valence-corrected chi connectivity index (χ0v) is 42.5. The Hall–Kier alpha value is -5.81. The number of benzene rings is 1. The smallest absolute Gasteiger partial charge is 0.246 e. The Balaban J connectivity index is 0.685. The number of carbonyl (C=O) groups excluding carboxylic acids is 3. The number of fused-ring (bicyclic) bond motifs is 1. The fourth-order valence-electron chi connectivity index (χ4n) is 9.08. The number of aryl methyl sites for hydroxylation is 1. The van der Waals surface area contributed by atoms with E-state index in [4.69, 9.17) is 14.5 Å². The number of anilines is 1. The summed E-state index contributed by atoms with van der Waals surface area (Å²) in [4.78, 5) is 59.1. The number of hydrogen-bond acceptors (Lipinski definition) is 14. The SMILES string of the molecule is Cc1ncsc1-c1ccc(CNC(=O)[C@@H]2C[C@@H](O)CN2C(=O)[C@@H](NC(=O)COCCCCCOCCCCCNCCN2CCC(Nc3cccc(-c4cnc5ccc(C#N)cn45)n3)C2)C(C)(C)C)cc1. The van der Waals surface area contributed by atoms with Crippen molar-refractivity contribution in [1.82, 2.24) is 45.1 Å². The number of imidazole rings is 1. The Morgan fingerprint density at radius 3 is 2.46 bits per heavy atom. The standard InChI is InChI=1S/C53H71N11O6S/c1-37-49(71-36-58-37)40-17-14-38(15-18-40)30-57-51(67)44-28-42(65)34-64(44)52(68)50(53(2,3)4)61-48(66)35-70-27-10-6-9-26-69-25-8-5-7-21-55-22-24-62-23-20-41(33-62)59-46-13-11-12-43(60-46)45-31-56-47-19-16-39(29-54)32-63(45)47/h11-19,31-32,36,41-42,44,50,55,65H,5-10,20-28,30,33-35H2,1-4H3,(H,57,67)(H,59,60)(H,61,66)/t41?,42-,44+,50-/m1/s1. The third kappa shape index (κ3) is 15.3. The van der Waals surface area contributed by atoms with E-state index in [1.165, 1.54) is 4.90 Å². The number of carbonyl (C=O) groups is 3. The number of β-amino-alcohol motifs (C(OH)–C–C–N with tert-alkyl or cyclic N) is 1. The number of nitriles is 1. The number of nitrogens with one attached hydrogen (secondary N) is 4. The summed E-state index contributed by atoms with van der Waals surface area (Å²) in [6.07, 6.45) is 9.81. The monoisotopic (exact) mass is 990 g/mol. The number of hydrogen-bond donors (Lipinski definition) is 5. The molecule has 17 nitrogen and oxygen atoms in total. The van der Waals surface area contributed by atoms with E-state index in [-0.39, 0.29) is 32.0 Å². The van der Waals surface area contributed by atoms with Crippen molar-refractivity contribution in [3.8, 4) is 27.9 Å². The molecule has 3 amide bonds. The van der Waals surface area contributed by atoms with Gasteiger partial charge in [-0.3, -0.25) is 23.7 Å². The maximum atomic E-state index is 14.0. The molecule has 4 atom stereocenters. The summed E-state index contributed by atoms with van der Waals surface area (Å²) >= 11 is 1.58. The molecule has 2 aliphatic heterocycles. The molecule has 71 heavy (non-hydrogen) atoms. The van der Waals surface area contributed by atoms with Crippen LogP contribution in [0.1, 0.15) is 89.0 Å². The maximum Gasteiger partial charge on any atom is 0.246 e. The van der Waals surface area contributed by atoms with Crippen LogP contribution in [0.15, 0.2) is 72.5 Å². The second-order valence-corrected chi connectivity index (χ2v) is 20.6. The van der Waals surface area contributed by atoms with Crippen LogP contribution >= 0.6 is 11.3 Å². The Bertz CT molecular complexity index is 2550. The fourth-order valence-corrected chi connectivity index (χ4v) is 9.90. The number of likely N-dealkylation sites (tertiary alicyclic amines) is 2. The molecule has 2 saturated heterocycles. The number of aliphatic hydroxyl groups excluding tert-OH is 1. The van der Waals surface area contributed by atoms with Gasteiger partial charge in [0.2, 0.25) is 17.7 Å². The van der Waals surface area contributed by atoms with Gasteiger partial charge in [0.25, 0.3) is 0 Å². The second-order valence-electron chi connectivity index (χ2n) is 19.7. The van der Waals surface area contributed by atoms with Crippen molar-refractivity contribution in [1.29, 1.82) is 5.26 Å². The molecule has 6 heterocycles. The van der Waals surface area contributed by atoms with Crippen LogP contribution in [-0.2, 0) is 30.4 Å². The topological polar surface area (TPSA) is 211 Å². The van der Waals surface area contributed by atoms with Gasteiger partial charge >= 0.3 is 0 Å². The van der Waals surface area contributed by atoms with Crippen LogP contribution in [0.4, 0.5) is 5.82 Å². The van der Waals surface area contributed by atoms with Crippen LogP contribution < -0.4 is 21.3 Å². The maximum absolute atomic E-state index is 14.0. The van der Waals surface area contributed by atoms with Gasteiger partial charge in [-0.05, 0) is 99.2 Å². The highest BCUT2D eigenvalue weighted by molar-refractivity contribution is 7.13. The molecule has 0 aliphatic carbocycles. The van der Waals surface area contributed by atoms with Crippen molar-refractivity contribution in [2.45, 2.75) is 110 Å². The third-order valence-electron chi connectivity index (χ3n) is 13.0. The molecule has 7 rings (SSSR count). The number of unbranched alkanes of at least 4 members (excludes halogenated alkanes) is 4. The van der Waals surface area contributed by atoms with Crippen molar-refractivity contribution in [3.63, 3.8) is 0 Å². The molecule has 5 aromatic rings. The lowest BCUT2D eigenvalue weighted by Gasteiger charge is -2.35. The molecule has 2 aliphatic rings. The lowest BCUT2D eigenvalue weighted by molar-refractivity contribution is -0.144. The van der Waals surface area contributed by atoms with E-state index in [1.54, 1.807) is 29.8 Å². The summed E-state index contributed by atoms with van der Waals surface area (Å²) in [5.74, 6) is -0.314. The van der Waals surface area contributed by atoms with Gasteiger partial charge in [0.1, 0.15) is 36.2 Å². The molecular weight excluding hydrogens is 919 g/mol. The summed E-state index contributed by atoms with van der Waals surface area (Å²) in [7, 11) is 0. The minimum atomic E-state index is -0.915.